The van der Waals surface area contributed by atoms with E-state index in [0.29, 0.717) is 5.69 Å². The van der Waals surface area contributed by atoms with Gasteiger partial charge in [-0.3, -0.25) is 9.55 Å². The zero-order valence-corrected chi connectivity index (χ0v) is 19.8. The second-order valence-electron chi connectivity index (χ2n) is 8.01. The molecule has 30 heavy (non-hydrogen) atoms. The Labute approximate surface area is 190 Å². The molecule has 2 N–H and O–H groups in total. The van der Waals surface area contributed by atoms with Gasteiger partial charge in [-0.25, -0.2) is 0 Å². The third kappa shape index (κ3) is 5.90. The van der Waals surface area contributed by atoms with Gasteiger partial charge in [-0.2, -0.15) is 4.57 Å². The Morgan fingerprint density at radius 2 is 1.53 bits per heavy atom. The van der Waals surface area contributed by atoms with Crippen molar-refractivity contribution in [3.8, 4) is 16.8 Å². The average molecular weight is 469 g/mol. The van der Waals surface area contributed by atoms with Crippen LogP contribution >= 0.6 is 20.0 Å². The van der Waals surface area contributed by atoms with Crippen molar-refractivity contribution in [2.24, 2.45) is 0 Å². The fraction of sp³-hybridized carbons (Fsp3) is 0.273. The number of hydrogen-bond acceptors (Lipinski definition) is 2. The predicted molar refractivity (Wildman–Crippen MR) is 118 cm³/mol. The summed E-state index contributed by atoms with van der Waals surface area (Å²) in [4.78, 5) is 23.7. The Morgan fingerprint density at radius 1 is 0.967 bits per heavy atom. The molecule has 5 nitrogen and oxygen atoms in total. The van der Waals surface area contributed by atoms with E-state index in [1.165, 1.54) is 5.56 Å². The van der Waals surface area contributed by atoms with Crippen LogP contribution in [-0.2, 0) is 9.98 Å². The van der Waals surface area contributed by atoms with Gasteiger partial charge in [-0.15, -0.1) is 12.4 Å². The number of halogens is 2. The fourth-order valence-electron chi connectivity index (χ4n) is 3.09. The van der Waals surface area contributed by atoms with E-state index in [2.05, 4.69) is 37.9 Å². The van der Waals surface area contributed by atoms with Crippen LogP contribution in [0.25, 0.3) is 16.8 Å². The summed E-state index contributed by atoms with van der Waals surface area (Å²) in [6.45, 7) is 8.02. The van der Waals surface area contributed by atoms with Crippen molar-refractivity contribution < 1.29 is 31.3 Å². The number of nitrogens with zero attached hydrogens (tertiary/aromatic N) is 2. The summed E-state index contributed by atoms with van der Waals surface area (Å²) < 4.78 is 13.9. The highest BCUT2D eigenvalue weighted by Gasteiger charge is 2.34. The first kappa shape index (κ1) is 26.3. The summed E-state index contributed by atoms with van der Waals surface area (Å²) in [5, 5.41) is 0. The van der Waals surface area contributed by atoms with Crippen molar-refractivity contribution in [2.75, 3.05) is 0 Å². The van der Waals surface area contributed by atoms with Crippen molar-refractivity contribution in [1.82, 2.24) is 4.98 Å². The van der Waals surface area contributed by atoms with Crippen LogP contribution in [0.3, 0.4) is 0 Å². The van der Waals surface area contributed by atoms with Gasteiger partial charge in [0, 0.05) is 36.7 Å². The number of aromatic nitrogens is 2. The van der Waals surface area contributed by atoms with Crippen molar-refractivity contribution in [3.63, 3.8) is 0 Å². The maximum atomic E-state index is 12.0. The van der Waals surface area contributed by atoms with Gasteiger partial charge in [0.2, 0.25) is 11.4 Å². The first-order chi connectivity index (χ1) is 13.1. The van der Waals surface area contributed by atoms with Crippen LogP contribution < -0.4 is 17.0 Å². The highest BCUT2D eigenvalue weighted by Crippen LogP contribution is 2.50. The molecule has 8 heteroatoms. The first-order valence-corrected chi connectivity index (χ1v) is 10.9. The smallest absolute Gasteiger partial charge is 0.338 e. The highest BCUT2D eigenvalue weighted by atomic mass is 35.5. The Balaban J connectivity index is 0.00000225. The molecule has 3 aromatic rings. The molecule has 1 atom stereocenters. The lowest BCUT2D eigenvalue weighted by atomic mass is 9.87. The second kappa shape index (κ2) is 10.0. The van der Waals surface area contributed by atoms with Crippen LogP contribution in [0.15, 0.2) is 67.1 Å². The molecular weight excluding hydrogens is 442 g/mol. The summed E-state index contributed by atoms with van der Waals surface area (Å²) in [6, 6.07) is 15.6. The molecule has 0 aliphatic heterocycles. The van der Waals surface area contributed by atoms with E-state index in [0.717, 1.165) is 16.8 Å². The maximum absolute atomic E-state index is 12.0. The lowest BCUT2D eigenvalue weighted by Gasteiger charge is -2.19. The zero-order chi connectivity index (χ0) is 20.5. The normalized spacial score (nSPS) is 12.5. The standard InChI is InChI=1S/C22H25N2O3P.2ClH/c1-16(28(25,26)27)21-15-18(17-9-12-23-13-10-17)11-14-24(21)20-7-5-19(6-8-20)22(2,3)4;;/h5-16H,1-4H3,(H-,25,26,27);2*1H. The minimum atomic E-state index is -4.31. The lowest BCUT2D eigenvalue weighted by molar-refractivity contribution is -0.604. The van der Waals surface area contributed by atoms with Gasteiger partial charge in [-0.1, -0.05) is 32.9 Å². The van der Waals surface area contributed by atoms with Crippen LogP contribution in [0.4, 0.5) is 0 Å². The number of pyridine rings is 2. The molecule has 0 aliphatic carbocycles. The molecule has 162 valence electrons. The van der Waals surface area contributed by atoms with Gasteiger partial charge >= 0.3 is 7.60 Å². The molecule has 0 bridgehead atoms. The highest BCUT2D eigenvalue weighted by molar-refractivity contribution is 7.52. The van der Waals surface area contributed by atoms with Gasteiger partial charge in [0.1, 0.15) is 5.66 Å². The summed E-state index contributed by atoms with van der Waals surface area (Å²) >= 11 is 0. The molecule has 0 radical (unpaired) electrons. The maximum Gasteiger partial charge on any atom is 0.338 e. The largest absolute Gasteiger partial charge is 1.00 e. The molecule has 1 unspecified atom stereocenters. The summed E-state index contributed by atoms with van der Waals surface area (Å²) in [5.41, 5.74) is 3.57. The topological polar surface area (TPSA) is 74.3 Å². The zero-order valence-electron chi connectivity index (χ0n) is 17.4. The second-order valence-corrected chi connectivity index (χ2v) is 9.96. The SMILES string of the molecule is CC(c1cc(-c2ccncc2)cc[n+]1-c1ccc(C(C)(C)C)cc1)P(=O)(O)O.Cl.[Cl-]. The van der Waals surface area contributed by atoms with E-state index >= 15 is 0 Å². The van der Waals surface area contributed by atoms with E-state index in [4.69, 9.17) is 0 Å². The minimum Gasteiger partial charge on any atom is -1.00 e. The van der Waals surface area contributed by atoms with E-state index < -0.39 is 13.3 Å². The Bertz CT molecular complexity index is 1020. The molecule has 3 rings (SSSR count). The quantitative estimate of drug-likeness (QED) is 0.453. The van der Waals surface area contributed by atoms with E-state index in [-0.39, 0.29) is 30.2 Å². The van der Waals surface area contributed by atoms with Gasteiger partial charge in [-0.05, 0) is 41.2 Å². The third-order valence-electron chi connectivity index (χ3n) is 4.94. The van der Waals surface area contributed by atoms with Gasteiger partial charge in [0.05, 0.1) is 0 Å². The Kier molecular flexibility index (Phi) is 8.80. The van der Waals surface area contributed by atoms with Gasteiger partial charge < -0.3 is 22.2 Å². The summed E-state index contributed by atoms with van der Waals surface area (Å²) in [6.07, 6.45) is 5.27. The third-order valence-corrected chi connectivity index (χ3v) is 6.22. The molecule has 0 spiro atoms. The molecular formula is C22H27Cl2N2O3P. The molecule has 1 aromatic carbocycles. The van der Waals surface area contributed by atoms with Crippen LogP contribution in [0.5, 0.6) is 0 Å². The monoisotopic (exact) mass is 468 g/mol. The van der Waals surface area contributed by atoms with Crippen molar-refractivity contribution in [2.45, 2.75) is 38.8 Å². The average Bonchev–Trinajstić information content (AvgIpc) is 2.66. The van der Waals surface area contributed by atoms with Crippen molar-refractivity contribution >= 4 is 20.0 Å². The molecule has 0 amide bonds. The predicted octanol–water partition coefficient (Wildman–Crippen LogP) is 1.99. The minimum absolute atomic E-state index is 0. The lowest BCUT2D eigenvalue weighted by Crippen LogP contribution is -3.00. The molecule has 0 aliphatic rings. The number of rotatable bonds is 4. The Hall–Kier alpha value is -1.75. The van der Waals surface area contributed by atoms with Crippen molar-refractivity contribution in [3.05, 3.63) is 78.4 Å². The van der Waals surface area contributed by atoms with E-state index in [1.807, 2.05) is 47.2 Å². The summed E-state index contributed by atoms with van der Waals surface area (Å²) in [5.74, 6) is 0. The number of hydrogen-bond donors (Lipinski definition) is 2. The first-order valence-electron chi connectivity index (χ1n) is 9.19. The van der Waals surface area contributed by atoms with Crippen LogP contribution in [0.2, 0.25) is 0 Å². The van der Waals surface area contributed by atoms with Crippen molar-refractivity contribution in [1.29, 1.82) is 0 Å². The molecule has 2 aromatic heterocycles. The molecule has 0 saturated heterocycles. The van der Waals surface area contributed by atoms with E-state index in [9.17, 15) is 14.4 Å². The fourth-order valence-corrected chi connectivity index (χ4v) is 3.64. The van der Waals surface area contributed by atoms with Gasteiger partial charge in [0.25, 0.3) is 0 Å². The number of benzene rings is 1. The molecule has 0 fully saturated rings. The summed E-state index contributed by atoms with van der Waals surface area (Å²) in [7, 11) is -4.31. The van der Waals surface area contributed by atoms with Crippen LogP contribution in [-0.4, -0.2) is 14.8 Å². The van der Waals surface area contributed by atoms with Gasteiger partial charge in [0.15, 0.2) is 6.20 Å². The Morgan fingerprint density at radius 3 is 2.03 bits per heavy atom. The molecule has 2 heterocycles. The van der Waals surface area contributed by atoms with Crippen LogP contribution in [0.1, 0.15) is 44.6 Å². The molecule has 0 saturated carbocycles. The van der Waals surface area contributed by atoms with E-state index in [1.54, 1.807) is 19.3 Å². The van der Waals surface area contributed by atoms with Crippen LogP contribution in [0, 0.1) is 0 Å².